The number of nitrogens with zero attached hydrogens (tertiary/aromatic N) is 1. The third kappa shape index (κ3) is 1.46. The molecule has 0 unspecified atom stereocenters. The molecule has 2 nitrogen and oxygen atoms in total. The van der Waals surface area contributed by atoms with E-state index < -0.39 is 0 Å². The summed E-state index contributed by atoms with van der Waals surface area (Å²) in [6.07, 6.45) is 7.96. The number of hydrogen-bond acceptors (Lipinski definition) is 2. The van der Waals surface area contributed by atoms with Crippen LogP contribution in [0.15, 0.2) is 36.3 Å². The summed E-state index contributed by atoms with van der Waals surface area (Å²) in [6, 6.07) is 1.99. The van der Waals surface area contributed by atoms with Crippen LogP contribution in [0.4, 0.5) is 0 Å². The Morgan fingerprint density at radius 3 is 3.11 bits per heavy atom. The van der Waals surface area contributed by atoms with Gasteiger partial charge < -0.3 is 4.74 Å². The topological polar surface area (TPSA) is 33.0 Å². The zero-order valence-corrected chi connectivity index (χ0v) is 4.74. The van der Waals surface area contributed by atoms with Crippen molar-refractivity contribution in [1.82, 2.24) is 0 Å². The number of allylic oxidation sites excluding steroid dienone is 4. The van der Waals surface area contributed by atoms with E-state index in [1.807, 2.05) is 6.07 Å². The second-order valence-electron chi connectivity index (χ2n) is 1.50. The minimum Gasteiger partial charge on any atom is -0.473 e. The van der Waals surface area contributed by atoms with Gasteiger partial charge in [-0.2, -0.15) is 5.26 Å². The molecule has 0 bridgehead atoms. The molecular weight excluding hydrogens is 114 g/mol. The summed E-state index contributed by atoms with van der Waals surface area (Å²) < 4.78 is 4.76. The summed E-state index contributed by atoms with van der Waals surface area (Å²) in [5, 5.41) is 8.36. The van der Waals surface area contributed by atoms with E-state index in [0.29, 0.717) is 5.57 Å². The number of nitriles is 1. The third-order valence-electron chi connectivity index (χ3n) is 0.888. The van der Waals surface area contributed by atoms with E-state index in [4.69, 9.17) is 10.00 Å². The predicted octanol–water partition coefficient (Wildman–Crippen LogP) is 1.49. The van der Waals surface area contributed by atoms with Crippen molar-refractivity contribution in [3.8, 4) is 6.07 Å². The van der Waals surface area contributed by atoms with Gasteiger partial charge in [-0.1, -0.05) is 0 Å². The highest BCUT2D eigenvalue weighted by Gasteiger charge is 1.87. The van der Waals surface area contributed by atoms with Crippen molar-refractivity contribution >= 4 is 0 Å². The molecule has 0 aromatic heterocycles. The van der Waals surface area contributed by atoms with E-state index in [1.54, 1.807) is 18.2 Å². The maximum atomic E-state index is 8.36. The van der Waals surface area contributed by atoms with Crippen molar-refractivity contribution in [2.75, 3.05) is 0 Å². The van der Waals surface area contributed by atoms with Crippen molar-refractivity contribution < 1.29 is 4.74 Å². The lowest BCUT2D eigenvalue weighted by molar-refractivity contribution is 0.404. The van der Waals surface area contributed by atoms with Crippen LogP contribution < -0.4 is 0 Å². The first kappa shape index (κ1) is 5.64. The number of hydrogen-bond donors (Lipinski definition) is 0. The second kappa shape index (κ2) is 2.73. The van der Waals surface area contributed by atoms with E-state index in [9.17, 15) is 0 Å². The van der Waals surface area contributed by atoms with Gasteiger partial charge in [0.2, 0.25) is 0 Å². The zero-order valence-electron chi connectivity index (χ0n) is 4.74. The Morgan fingerprint density at radius 2 is 2.33 bits per heavy atom. The maximum Gasteiger partial charge on any atom is 0.0992 e. The first-order chi connectivity index (χ1) is 4.43. The molecule has 0 N–H and O–H groups in total. The molecule has 0 amide bonds. The molecule has 9 heavy (non-hydrogen) atoms. The third-order valence-corrected chi connectivity index (χ3v) is 0.888. The molecule has 1 rings (SSSR count). The Bertz CT molecular complexity index is 218. The van der Waals surface area contributed by atoms with E-state index in [0.717, 1.165) is 0 Å². The van der Waals surface area contributed by atoms with E-state index in [-0.39, 0.29) is 0 Å². The van der Waals surface area contributed by atoms with Crippen molar-refractivity contribution in [3.63, 3.8) is 0 Å². The highest BCUT2D eigenvalue weighted by atomic mass is 16.5. The van der Waals surface area contributed by atoms with Gasteiger partial charge >= 0.3 is 0 Å². The zero-order chi connectivity index (χ0) is 6.53. The van der Waals surface area contributed by atoms with Crippen LogP contribution in [0, 0.1) is 11.3 Å². The molecule has 0 spiro atoms. The Labute approximate surface area is 53.4 Å². The Morgan fingerprint density at radius 1 is 1.44 bits per heavy atom. The quantitative estimate of drug-likeness (QED) is 0.484. The van der Waals surface area contributed by atoms with E-state index in [1.165, 1.54) is 12.5 Å². The minimum absolute atomic E-state index is 0.601. The molecule has 44 valence electrons. The molecule has 2 heteroatoms. The summed E-state index contributed by atoms with van der Waals surface area (Å²) in [4.78, 5) is 0. The van der Waals surface area contributed by atoms with Crippen molar-refractivity contribution in [2.24, 2.45) is 0 Å². The largest absolute Gasteiger partial charge is 0.473 e. The molecule has 1 aliphatic heterocycles. The van der Waals surface area contributed by atoms with Crippen LogP contribution in [0.2, 0.25) is 0 Å². The number of ether oxygens (including phenoxy) is 1. The summed E-state index contributed by atoms with van der Waals surface area (Å²) in [5.74, 6) is 0. The van der Waals surface area contributed by atoms with Gasteiger partial charge in [-0.15, -0.1) is 0 Å². The standard InChI is InChI=1S/C7H5NO/c8-6-7-2-1-4-9-5-3-7/h1-5H. The fourth-order valence-corrected chi connectivity index (χ4v) is 0.476. The SMILES string of the molecule is N#CC1=CC=COC=C1. The van der Waals surface area contributed by atoms with Crippen LogP contribution in [0.25, 0.3) is 0 Å². The molecule has 1 aliphatic rings. The normalized spacial score (nSPS) is 15.2. The molecule has 0 aromatic rings. The maximum absolute atomic E-state index is 8.36. The van der Waals surface area contributed by atoms with Crippen LogP contribution in [0.3, 0.4) is 0 Å². The van der Waals surface area contributed by atoms with Crippen LogP contribution in [0.1, 0.15) is 0 Å². The Balaban J connectivity index is 2.82. The van der Waals surface area contributed by atoms with Crippen LogP contribution in [-0.2, 0) is 4.74 Å². The minimum atomic E-state index is 0.601. The van der Waals surface area contributed by atoms with Crippen LogP contribution >= 0.6 is 0 Å². The van der Waals surface area contributed by atoms with Crippen molar-refractivity contribution in [2.45, 2.75) is 0 Å². The second-order valence-corrected chi connectivity index (χ2v) is 1.50. The van der Waals surface area contributed by atoms with E-state index >= 15 is 0 Å². The van der Waals surface area contributed by atoms with Gasteiger partial charge in [-0.25, -0.2) is 0 Å². The smallest absolute Gasteiger partial charge is 0.0992 e. The molecule has 0 radical (unpaired) electrons. The van der Waals surface area contributed by atoms with Gasteiger partial charge in [0.1, 0.15) is 0 Å². The lowest BCUT2D eigenvalue weighted by Crippen LogP contribution is -1.66. The Hall–Kier alpha value is -1.49. The first-order valence-electron chi connectivity index (χ1n) is 2.52. The first-order valence-corrected chi connectivity index (χ1v) is 2.52. The van der Waals surface area contributed by atoms with Gasteiger partial charge in [0.25, 0.3) is 0 Å². The summed E-state index contributed by atoms with van der Waals surface area (Å²) in [6.45, 7) is 0. The van der Waals surface area contributed by atoms with Gasteiger partial charge in [-0.05, 0) is 18.2 Å². The summed E-state index contributed by atoms with van der Waals surface area (Å²) in [7, 11) is 0. The fraction of sp³-hybridized carbons (Fsp3) is 0. The summed E-state index contributed by atoms with van der Waals surface area (Å²) >= 11 is 0. The molecule has 0 aliphatic carbocycles. The van der Waals surface area contributed by atoms with E-state index in [2.05, 4.69) is 0 Å². The van der Waals surface area contributed by atoms with Crippen molar-refractivity contribution in [3.05, 3.63) is 36.3 Å². The highest BCUT2D eigenvalue weighted by Crippen LogP contribution is 1.99. The average Bonchev–Trinajstić information content (AvgIpc) is 2.13. The molecule has 1 heterocycles. The van der Waals surface area contributed by atoms with Crippen LogP contribution in [0.5, 0.6) is 0 Å². The average molecular weight is 119 g/mol. The Kier molecular flexibility index (Phi) is 1.71. The lowest BCUT2D eigenvalue weighted by Gasteiger charge is -1.81. The van der Waals surface area contributed by atoms with Crippen LogP contribution in [-0.4, -0.2) is 0 Å². The lowest BCUT2D eigenvalue weighted by atomic mass is 10.3. The van der Waals surface area contributed by atoms with Gasteiger partial charge in [0, 0.05) is 0 Å². The predicted molar refractivity (Wildman–Crippen MR) is 33.1 cm³/mol. The van der Waals surface area contributed by atoms with Gasteiger partial charge in [0.05, 0.1) is 24.2 Å². The van der Waals surface area contributed by atoms with Gasteiger partial charge in [-0.3, -0.25) is 0 Å². The molecule has 0 fully saturated rings. The van der Waals surface area contributed by atoms with Crippen molar-refractivity contribution in [1.29, 1.82) is 5.26 Å². The number of rotatable bonds is 0. The fourth-order valence-electron chi connectivity index (χ4n) is 0.476. The molecule has 0 saturated carbocycles. The van der Waals surface area contributed by atoms with Gasteiger partial charge in [0.15, 0.2) is 0 Å². The molecular formula is C7H5NO. The molecule has 0 aromatic carbocycles. The highest BCUT2D eigenvalue weighted by molar-refractivity contribution is 5.35. The molecule has 0 atom stereocenters. The monoisotopic (exact) mass is 119 g/mol. The summed E-state index contributed by atoms with van der Waals surface area (Å²) in [5.41, 5.74) is 0.601. The molecule has 0 saturated heterocycles.